The van der Waals surface area contributed by atoms with Gasteiger partial charge in [0.1, 0.15) is 11.6 Å². The Morgan fingerprint density at radius 1 is 0.935 bits per heavy atom. The molecule has 3 rings (SSSR count). The van der Waals surface area contributed by atoms with Crippen LogP contribution in [0, 0.1) is 29.5 Å². The topological polar surface area (TPSA) is 95.9 Å². The second kappa shape index (κ2) is 19.7. The van der Waals surface area contributed by atoms with Crippen molar-refractivity contribution < 1.29 is 28.6 Å². The number of nitrogens with zero attached hydrogens (tertiary/aromatic N) is 1. The van der Waals surface area contributed by atoms with E-state index in [9.17, 15) is 23.9 Å². The van der Waals surface area contributed by atoms with Gasteiger partial charge in [-0.3, -0.25) is 14.4 Å². The summed E-state index contributed by atoms with van der Waals surface area (Å²) in [6.07, 6.45) is 1.11. The Morgan fingerprint density at radius 2 is 1.63 bits per heavy atom. The van der Waals surface area contributed by atoms with Gasteiger partial charge in [0.15, 0.2) is 0 Å². The predicted molar refractivity (Wildman–Crippen MR) is 181 cm³/mol. The van der Waals surface area contributed by atoms with Crippen molar-refractivity contribution >= 4 is 23.5 Å². The van der Waals surface area contributed by atoms with Gasteiger partial charge in [-0.1, -0.05) is 70.7 Å². The van der Waals surface area contributed by atoms with Gasteiger partial charge in [0.05, 0.1) is 19.2 Å². The molecule has 7 nitrogen and oxygen atoms in total. The lowest BCUT2D eigenvalue weighted by Crippen LogP contribution is -2.40. The molecule has 3 aromatic carbocycles. The Morgan fingerprint density at radius 3 is 2.26 bits per heavy atom. The van der Waals surface area contributed by atoms with Gasteiger partial charge in [-0.25, -0.2) is 4.39 Å². The van der Waals surface area contributed by atoms with Crippen molar-refractivity contribution in [3.63, 3.8) is 0 Å². The molecule has 8 heteroatoms. The third kappa shape index (κ3) is 12.8. The van der Waals surface area contributed by atoms with Crippen molar-refractivity contribution in [1.82, 2.24) is 4.90 Å². The van der Waals surface area contributed by atoms with Crippen molar-refractivity contribution in [2.75, 3.05) is 25.5 Å². The van der Waals surface area contributed by atoms with E-state index >= 15 is 0 Å². The Balaban J connectivity index is 0.00000361. The van der Waals surface area contributed by atoms with Gasteiger partial charge >= 0.3 is 5.97 Å². The first kappa shape index (κ1) is 37.5. The van der Waals surface area contributed by atoms with Gasteiger partial charge < -0.3 is 20.1 Å². The first-order valence-electron chi connectivity index (χ1n) is 15.9. The van der Waals surface area contributed by atoms with E-state index in [0.717, 1.165) is 12.0 Å². The number of hydrogen-bond donors (Lipinski definition) is 2. The number of methoxy groups -OCH3 is 1. The van der Waals surface area contributed by atoms with E-state index in [4.69, 9.17) is 4.74 Å². The highest BCUT2D eigenvalue weighted by Crippen LogP contribution is 2.33. The van der Waals surface area contributed by atoms with Gasteiger partial charge in [0.25, 0.3) is 0 Å². The van der Waals surface area contributed by atoms with Crippen LogP contribution < -0.4 is 10.1 Å². The number of anilines is 1. The van der Waals surface area contributed by atoms with Crippen LogP contribution in [0.25, 0.3) is 0 Å². The molecule has 246 valence electrons. The molecule has 3 aromatic rings. The van der Waals surface area contributed by atoms with Crippen LogP contribution in [0.15, 0.2) is 72.8 Å². The van der Waals surface area contributed by atoms with Crippen LogP contribution in [0.4, 0.5) is 10.1 Å². The molecule has 0 spiro atoms. The summed E-state index contributed by atoms with van der Waals surface area (Å²) in [6, 6.07) is 20.8. The number of carbonyl (C=O) groups excluding carboxylic acids is 2. The Bertz CT molecular complexity index is 1480. The minimum Gasteiger partial charge on any atom is -0.497 e. The van der Waals surface area contributed by atoms with E-state index in [2.05, 4.69) is 31.0 Å². The highest BCUT2D eigenvalue weighted by atomic mass is 19.1. The van der Waals surface area contributed by atoms with E-state index < -0.39 is 5.97 Å². The molecule has 0 heterocycles. The number of aliphatic carboxylic acids is 1. The van der Waals surface area contributed by atoms with Crippen molar-refractivity contribution in [2.24, 2.45) is 11.8 Å². The highest BCUT2D eigenvalue weighted by Gasteiger charge is 2.27. The van der Waals surface area contributed by atoms with Gasteiger partial charge in [0.2, 0.25) is 11.8 Å². The summed E-state index contributed by atoms with van der Waals surface area (Å²) in [6.45, 7) is 10.4. The maximum atomic E-state index is 13.8. The van der Waals surface area contributed by atoms with Crippen LogP contribution in [0.3, 0.4) is 0 Å². The second-order valence-corrected chi connectivity index (χ2v) is 11.3. The lowest BCUT2D eigenvalue weighted by molar-refractivity contribution is -0.138. The van der Waals surface area contributed by atoms with Gasteiger partial charge in [-0.05, 0) is 84.7 Å². The van der Waals surface area contributed by atoms with Crippen molar-refractivity contribution in [1.29, 1.82) is 0 Å². The van der Waals surface area contributed by atoms with Crippen molar-refractivity contribution in [2.45, 2.75) is 66.2 Å². The van der Waals surface area contributed by atoms with Gasteiger partial charge in [-0.2, -0.15) is 0 Å². The SMILES string of the molecule is CC.COc1cccc(C(C)C(CCC(=O)O)CC(=O)N(CCC(C)C)CC(=O)Nc2ccc(C#Cc3ccccc3F)cc2)c1. The van der Waals surface area contributed by atoms with Crippen molar-refractivity contribution in [3.05, 3.63) is 95.3 Å². The number of halogens is 1. The zero-order valence-corrected chi connectivity index (χ0v) is 27.8. The van der Waals surface area contributed by atoms with Gasteiger partial charge in [0, 0.05) is 30.6 Å². The largest absolute Gasteiger partial charge is 0.497 e. The van der Waals surface area contributed by atoms with E-state index in [-0.39, 0.29) is 48.9 Å². The molecule has 0 aliphatic rings. The molecule has 46 heavy (non-hydrogen) atoms. The number of amides is 2. The van der Waals surface area contributed by atoms with E-state index in [1.54, 1.807) is 54.5 Å². The maximum Gasteiger partial charge on any atom is 0.303 e. The van der Waals surface area contributed by atoms with Crippen LogP contribution in [0.1, 0.15) is 82.9 Å². The molecular formula is C38H47FN2O5. The summed E-state index contributed by atoms with van der Waals surface area (Å²) >= 11 is 0. The molecule has 0 saturated carbocycles. The Hall–Kier alpha value is -4.64. The molecule has 2 unspecified atom stereocenters. The number of rotatable bonds is 14. The van der Waals surface area contributed by atoms with Crippen LogP contribution in [-0.4, -0.2) is 48.0 Å². The van der Waals surface area contributed by atoms with E-state index in [1.165, 1.54) is 6.07 Å². The summed E-state index contributed by atoms with van der Waals surface area (Å²) in [5.74, 6) is 4.57. The fraction of sp³-hybridized carbons (Fsp3) is 0.395. The average molecular weight is 631 g/mol. The highest BCUT2D eigenvalue weighted by molar-refractivity contribution is 5.94. The lowest BCUT2D eigenvalue weighted by Gasteiger charge is -2.28. The molecule has 0 aromatic heterocycles. The molecule has 0 aliphatic heterocycles. The minimum atomic E-state index is -0.916. The molecule has 2 amide bonds. The molecule has 0 radical (unpaired) electrons. The normalized spacial score (nSPS) is 11.7. The zero-order chi connectivity index (χ0) is 34.1. The zero-order valence-electron chi connectivity index (χ0n) is 27.8. The molecule has 2 N–H and O–H groups in total. The summed E-state index contributed by atoms with van der Waals surface area (Å²) < 4.78 is 19.2. The predicted octanol–water partition coefficient (Wildman–Crippen LogP) is 7.75. The fourth-order valence-electron chi connectivity index (χ4n) is 4.81. The summed E-state index contributed by atoms with van der Waals surface area (Å²) in [5.41, 5.74) is 2.48. The Labute approximate surface area is 273 Å². The average Bonchev–Trinajstić information content (AvgIpc) is 3.05. The minimum absolute atomic E-state index is 0.0562. The summed E-state index contributed by atoms with van der Waals surface area (Å²) in [4.78, 5) is 39.7. The second-order valence-electron chi connectivity index (χ2n) is 11.3. The third-order valence-electron chi connectivity index (χ3n) is 7.54. The number of carboxylic acid groups (broad SMARTS) is 1. The molecule has 0 aliphatic carbocycles. The molecule has 0 saturated heterocycles. The fourth-order valence-corrected chi connectivity index (χ4v) is 4.81. The summed E-state index contributed by atoms with van der Waals surface area (Å²) in [7, 11) is 1.59. The Kier molecular flexibility index (Phi) is 16.1. The third-order valence-corrected chi connectivity index (χ3v) is 7.54. The van der Waals surface area contributed by atoms with E-state index in [1.807, 2.05) is 45.0 Å². The lowest BCUT2D eigenvalue weighted by atomic mass is 9.82. The van der Waals surface area contributed by atoms with Crippen LogP contribution >= 0.6 is 0 Å². The quantitative estimate of drug-likeness (QED) is 0.178. The first-order chi connectivity index (χ1) is 22.0. The van der Waals surface area contributed by atoms with Gasteiger partial charge in [-0.15, -0.1) is 0 Å². The van der Waals surface area contributed by atoms with Crippen LogP contribution in [0.5, 0.6) is 5.75 Å². The number of carbonyl (C=O) groups is 3. The molecular weight excluding hydrogens is 583 g/mol. The number of ether oxygens (including phenoxy) is 1. The standard InChI is InChI=1S/C36H41FN2O5.C2H6/c1-25(2)20-21-39(35(41)23-30(16-19-36(42)43)26(3)29-9-7-10-32(22-29)44-4)24-34(40)38-31-17-13-27(14-18-31)12-15-28-8-5-6-11-33(28)37;1-2/h5-11,13-14,17-18,22,25-26,30H,16,19-21,23-24H2,1-4H3,(H,38,40)(H,42,43);1-2H3. The first-order valence-corrected chi connectivity index (χ1v) is 15.9. The molecule has 2 atom stereocenters. The van der Waals surface area contributed by atoms with Crippen LogP contribution in [-0.2, 0) is 14.4 Å². The monoisotopic (exact) mass is 630 g/mol. The molecule has 0 bridgehead atoms. The number of carboxylic acids is 1. The van der Waals surface area contributed by atoms with E-state index in [0.29, 0.717) is 41.4 Å². The smallest absolute Gasteiger partial charge is 0.303 e. The number of benzene rings is 3. The maximum absolute atomic E-state index is 13.8. The molecule has 0 fully saturated rings. The number of nitrogens with one attached hydrogen (secondary N) is 1. The van der Waals surface area contributed by atoms with Crippen LogP contribution in [0.2, 0.25) is 0 Å². The number of hydrogen-bond acceptors (Lipinski definition) is 4. The summed E-state index contributed by atoms with van der Waals surface area (Å²) in [5, 5.41) is 12.2. The van der Waals surface area contributed by atoms with Crippen molar-refractivity contribution in [3.8, 4) is 17.6 Å².